The molecule has 5 nitrogen and oxygen atoms in total. The molecule has 2 fully saturated rings. The number of amides is 2. The highest BCUT2D eigenvalue weighted by Crippen LogP contribution is 2.19. The Morgan fingerprint density at radius 3 is 2.73 bits per heavy atom. The summed E-state index contributed by atoms with van der Waals surface area (Å²) in [7, 11) is 0. The number of morpholine rings is 1. The normalized spacial score (nSPS) is 26.2. The largest absolute Gasteiger partial charge is 0.377 e. The highest BCUT2D eigenvalue weighted by atomic mass is 16.5. The van der Waals surface area contributed by atoms with Crippen molar-refractivity contribution in [1.29, 1.82) is 0 Å². The van der Waals surface area contributed by atoms with Gasteiger partial charge in [0.1, 0.15) is 6.04 Å². The predicted molar refractivity (Wildman–Crippen MR) is 53.2 cm³/mol. The quantitative estimate of drug-likeness (QED) is 0.672. The third-order valence-corrected chi connectivity index (χ3v) is 2.76. The van der Waals surface area contributed by atoms with E-state index in [1.54, 1.807) is 4.90 Å². The van der Waals surface area contributed by atoms with Crippen LogP contribution < -0.4 is 5.32 Å². The third kappa shape index (κ3) is 2.47. The molecule has 1 aliphatic heterocycles. The van der Waals surface area contributed by atoms with E-state index in [1.807, 2.05) is 0 Å². The number of carbonyl (C=O) groups is 2. The van der Waals surface area contributed by atoms with E-state index in [0.29, 0.717) is 25.8 Å². The number of carbonyl (C=O) groups excluding carboxylic acids is 2. The van der Waals surface area contributed by atoms with Gasteiger partial charge in [0, 0.05) is 19.5 Å². The molecule has 1 saturated heterocycles. The average Bonchev–Trinajstić information content (AvgIpc) is 3.01. The Balaban J connectivity index is 1.96. The van der Waals surface area contributed by atoms with Crippen LogP contribution in [0.4, 0.5) is 0 Å². The monoisotopic (exact) mass is 212 g/mol. The van der Waals surface area contributed by atoms with Gasteiger partial charge >= 0.3 is 0 Å². The first-order valence-electron chi connectivity index (χ1n) is 5.34. The first kappa shape index (κ1) is 10.4. The first-order valence-corrected chi connectivity index (χ1v) is 5.34. The summed E-state index contributed by atoms with van der Waals surface area (Å²) < 4.78 is 5.23. The molecule has 1 aliphatic carbocycles. The summed E-state index contributed by atoms with van der Waals surface area (Å²) in [5, 5.41) is 2.90. The van der Waals surface area contributed by atoms with Crippen LogP contribution in [0.3, 0.4) is 0 Å². The summed E-state index contributed by atoms with van der Waals surface area (Å²) >= 11 is 0. The van der Waals surface area contributed by atoms with Gasteiger partial charge in [0.15, 0.2) is 0 Å². The van der Waals surface area contributed by atoms with Gasteiger partial charge in [0.05, 0.1) is 13.2 Å². The second kappa shape index (κ2) is 4.18. The minimum absolute atomic E-state index is 0.0609. The van der Waals surface area contributed by atoms with Crippen LogP contribution in [0.1, 0.15) is 19.8 Å². The molecule has 5 heteroatoms. The molecule has 0 aromatic heterocycles. The Morgan fingerprint density at radius 1 is 1.40 bits per heavy atom. The van der Waals surface area contributed by atoms with Gasteiger partial charge in [-0.15, -0.1) is 0 Å². The average molecular weight is 212 g/mol. The number of rotatable bonds is 2. The number of hydrogen-bond donors (Lipinski definition) is 1. The molecular formula is C10H16N2O3. The summed E-state index contributed by atoms with van der Waals surface area (Å²) in [5.74, 6) is -0.137. The van der Waals surface area contributed by atoms with Gasteiger partial charge in [0.2, 0.25) is 11.8 Å². The van der Waals surface area contributed by atoms with Crippen molar-refractivity contribution >= 4 is 11.8 Å². The van der Waals surface area contributed by atoms with Crippen LogP contribution in [-0.4, -0.2) is 48.6 Å². The van der Waals surface area contributed by atoms with Crippen molar-refractivity contribution in [3.8, 4) is 0 Å². The lowest BCUT2D eigenvalue weighted by Crippen LogP contribution is -2.55. The molecule has 1 N–H and O–H groups in total. The molecule has 0 bridgehead atoms. The van der Waals surface area contributed by atoms with Gasteiger partial charge in [-0.25, -0.2) is 0 Å². The van der Waals surface area contributed by atoms with Gasteiger partial charge in [-0.1, -0.05) is 0 Å². The van der Waals surface area contributed by atoms with Crippen molar-refractivity contribution in [2.24, 2.45) is 0 Å². The van der Waals surface area contributed by atoms with E-state index >= 15 is 0 Å². The van der Waals surface area contributed by atoms with E-state index in [-0.39, 0.29) is 11.8 Å². The fourth-order valence-electron chi connectivity index (χ4n) is 1.72. The lowest BCUT2D eigenvalue weighted by Gasteiger charge is -2.33. The van der Waals surface area contributed by atoms with Crippen molar-refractivity contribution < 1.29 is 14.3 Å². The molecule has 0 aromatic carbocycles. The molecule has 0 radical (unpaired) electrons. The van der Waals surface area contributed by atoms with Gasteiger partial charge in [0.25, 0.3) is 0 Å². The van der Waals surface area contributed by atoms with E-state index in [4.69, 9.17) is 4.74 Å². The number of ether oxygens (including phenoxy) is 1. The minimum Gasteiger partial charge on any atom is -0.377 e. The summed E-state index contributed by atoms with van der Waals surface area (Å²) in [6, 6.07) is -0.106. The summed E-state index contributed by atoms with van der Waals surface area (Å²) in [5.41, 5.74) is 0. The minimum atomic E-state index is -0.433. The zero-order valence-electron chi connectivity index (χ0n) is 8.86. The number of hydrogen-bond acceptors (Lipinski definition) is 3. The van der Waals surface area contributed by atoms with Gasteiger partial charge < -0.3 is 15.0 Å². The van der Waals surface area contributed by atoms with Crippen LogP contribution in [-0.2, 0) is 14.3 Å². The van der Waals surface area contributed by atoms with Crippen LogP contribution >= 0.6 is 0 Å². The SMILES string of the molecule is CC(=O)N1CCOCC1C(=O)NC1CC1. The van der Waals surface area contributed by atoms with Gasteiger partial charge in [-0.05, 0) is 12.8 Å². The summed E-state index contributed by atoms with van der Waals surface area (Å²) in [6.45, 7) is 2.84. The van der Waals surface area contributed by atoms with Crippen LogP contribution in [0.5, 0.6) is 0 Å². The molecule has 1 heterocycles. The molecule has 0 spiro atoms. The molecule has 2 amide bonds. The van der Waals surface area contributed by atoms with Gasteiger partial charge in [-0.2, -0.15) is 0 Å². The van der Waals surface area contributed by atoms with Crippen LogP contribution in [0.25, 0.3) is 0 Å². The first-order chi connectivity index (χ1) is 7.18. The molecule has 84 valence electrons. The van der Waals surface area contributed by atoms with E-state index in [1.165, 1.54) is 6.92 Å². The van der Waals surface area contributed by atoms with Gasteiger partial charge in [-0.3, -0.25) is 9.59 Å². The van der Waals surface area contributed by atoms with Crippen molar-refractivity contribution in [2.75, 3.05) is 19.8 Å². The number of nitrogens with zero attached hydrogens (tertiary/aromatic N) is 1. The molecule has 1 atom stereocenters. The Labute approximate surface area is 88.8 Å². The van der Waals surface area contributed by atoms with E-state index in [0.717, 1.165) is 12.8 Å². The fraction of sp³-hybridized carbons (Fsp3) is 0.800. The van der Waals surface area contributed by atoms with E-state index < -0.39 is 6.04 Å². The molecule has 1 saturated carbocycles. The Bertz CT molecular complexity index is 276. The maximum absolute atomic E-state index is 11.8. The Morgan fingerprint density at radius 2 is 2.13 bits per heavy atom. The van der Waals surface area contributed by atoms with Crippen LogP contribution in [0, 0.1) is 0 Å². The van der Waals surface area contributed by atoms with Crippen molar-refractivity contribution in [3.63, 3.8) is 0 Å². The van der Waals surface area contributed by atoms with Crippen LogP contribution in [0.2, 0.25) is 0 Å². The second-order valence-corrected chi connectivity index (χ2v) is 4.09. The summed E-state index contributed by atoms with van der Waals surface area (Å²) in [6.07, 6.45) is 2.11. The smallest absolute Gasteiger partial charge is 0.245 e. The van der Waals surface area contributed by atoms with Crippen LogP contribution in [0.15, 0.2) is 0 Å². The van der Waals surface area contributed by atoms with E-state index in [9.17, 15) is 9.59 Å². The van der Waals surface area contributed by atoms with Crippen molar-refractivity contribution in [1.82, 2.24) is 10.2 Å². The fourth-order valence-corrected chi connectivity index (χ4v) is 1.72. The third-order valence-electron chi connectivity index (χ3n) is 2.76. The number of nitrogens with one attached hydrogen (secondary N) is 1. The van der Waals surface area contributed by atoms with Crippen molar-refractivity contribution in [3.05, 3.63) is 0 Å². The van der Waals surface area contributed by atoms with E-state index in [2.05, 4.69) is 5.32 Å². The van der Waals surface area contributed by atoms with Crippen molar-refractivity contribution in [2.45, 2.75) is 31.8 Å². The lowest BCUT2D eigenvalue weighted by molar-refractivity contribution is -0.147. The maximum atomic E-state index is 11.8. The maximum Gasteiger partial charge on any atom is 0.245 e. The second-order valence-electron chi connectivity index (χ2n) is 4.09. The zero-order chi connectivity index (χ0) is 10.8. The highest BCUT2D eigenvalue weighted by Gasteiger charge is 2.34. The molecule has 1 unspecified atom stereocenters. The zero-order valence-corrected chi connectivity index (χ0v) is 8.86. The highest BCUT2D eigenvalue weighted by molar-refractivity contribution is 5.87. The molecule has 2 aliphatic rings. The standard InChI is InChI=1S/C10H16N2O3/c1-7(13)12-4-5-15-6-9(12)10(14)11-8-2-3-8/h8-9H,2-6H2,1H3,(H,11,14). The Kier molecular flexibility index (Phi) is 2.90. The molecule has 2 rings (SSSR count). The predicted octanol–water partition coefficient (Wildman–Crippen LogP) is -0.488. The molecule has 15 heavy (non-hydrogen) atoms. The summed E-state index contributed by atoms with van der Waals surface area (Å²) in [4.78, 5) is 24.7. The Hall–Kier alpha value is -1.10. The molecule has 0 aromatic rings. The topological polar surface area (TPSA) is 58.6 Å². The molecular weight excluding hydrogens is 196 g/mol. The lowest BCUT2D eigenvalue weighted by atomic mass is 10.2.